The Kier molecular flexibility index (Phi) is 3.53. The Morgan fingerprint density at radius 1 is 1.36 bits per heavy atom. The molecule has 0 aliphatic heterocycles. The molecule has 3 N–H and O–H groups in total. The lowest BCUT2D eigenvalue weighted by molar-refractivity contribution is -0.120. The van der Waals surface area contributed by atoms with E-state index in [1.807, 2.05) is 41.2 Å². The number of para-hydroxylation sites is 1. The molecule has 1 aromatic carbocycles. The first kappa shape index (κ1) is 14.8. The zero-order chi connectivity index (χ0) is 15.9. The van der Waals surface area contributed by atoms with Crippen molar-refractivity contribution in [1.29, 1.82) is 0 Å². The van der Waals surface area contributed by atoms with Crippen molar-refractivity contribution in [1.82, 2.24) is 15.1 Å². The molecule has 0 fully saturated rings. The number of nitrogens with one attached hydrogen (secondary N) is 1. The largest absolute Gasteiger partial charge is 0.349 e. The van der Waals surface area contributed by atoms with Gasteiger partial charge in [-0.3, -0.25) is 4.79 Å². The van der Waals surface area contributed by atoms with Crippen molar-refractivity contribution in [3.8, 4) is 5.69 Å². The van der Waals surface area contributed by atoms with Gasteiger partial charge in [-0.1, -0.05) is 32.0 Å². The first-order valence-electron chi connectivity index (χ1n) is 7.56. The van der Waals surface area contributed by atoms with Gasteiger partial charge in [-0.25, -0.2) is 4.68 Å². The van der Waals surface area contributed by atoms with E-state index < -0.39 is 0 Å². The van der Waals surface area contributed by atoms with E-state index in [-0.39, 0.29) is 23.4 Å². The molecule has 1 heterocycles. The summed E-state index contributed by atoms with van der Waals surface area (Å²) in [5.74, 6) is -0.0327. The normalized spacial score (nSPS) is 22.9. The Morgan fingerprint density at radius 3 is 2.68 bits per heavy atom. The van der Waals surface area contributed by atoms with Crippen LogP contribution >= 0.6 is 0 Å². The number of rotatable bonds is 2. The van der Waals surface area contributed by atoms with Gasteiger partial charge < -0.3 is 11.1 Å². The van der Waals surface area contributed by atoms with Crippen LogP contribution in [0.5, 0.6) is 0 Å². The average molecular weight is 298 g/mol. The van der Waals surface area contributed by atoms with E-state index in [0.717, 1.165) is 23.4 Å². The van der Waals surface area contributed by atoms with E-state index in [1.54, 1.807) is 6.92 Å². The number of hydrogen-bond acceptors (Lipinski definition) is 3. The molecule has 0 spiro atoms. The van der Waals surface area contributed by atoms with Crippen molar-refractivity contribution < 1.29 is 4.79 Å². The number of carbonyl (C=O) groups is 1. The lowest BCUT2D eigenvalue weighted by Gasteiger charge is -2.40. The molecule has 0 saturated carbocycles. The molecule has 0 radical (unpaired) electrons. The van der Waals surface area contributed by atoms with E-state index in [4.69, 9.17) is 5.73 Å². The number of carbonyl (C=O) groups excluding carboxylic acids is 1. The van der Waals surface area contributed by atoms with Gasteiger partial charge in [0, 0.05) is 12.5 Å². The summed E-state index contributed by atoms with van der Waals surface area (Å²) < 4.78 is 1.90. The lowest BCUT2D eigenvalue weighted by atomic mass is 9.71. The minimum Gasteiger partial charge on any atom is -0.349 e. The molecule has 116 valence electrons. The summed E-state index contributed by atoms with van der Waals surface area (Å²) in [5.41, 5.74) is 9.40. The van der Waals surface area contributed by atoms with E-state index in [0.29, 0.717) is 0 Å². The number of nitrogens with two attached hydrogens (primary N) is 1. The summed E-state index contributed by atoms with van der Waals surface area (Å²) >= 11 is 0. The maximum atomic E-state index is 11.5. The molecule has 3 rings (SSSR count). The molecule has 2 unspecified atom stereocenters. The summed E-state index contributed by atoms with van der Waals surface area (Å²) in [6.45, 7) is 5.82. The molecule has 1 aliphatic rings. The standard InChI is InChI=1S/C17H22N4O/c1-11(22)20-14-9-17(2,3)16(18)15-13(14)10-19-21(15)12-7-5-4-6-8-12/h4-8,10,14,16H,9,18H2,1-3H3,(H,20,22). The first-order chi connectivity index (χ1) is 10.4. The molecule has 5 heteroatoms. The van der Waals surface area contributed by atoms with Gasteiger partial charge in [0.15, 0.2) is 0 Å². The molecular weight excluding hydrogens is 276 g/mol. The fraction of sp³-hybridized carbons (Fsp3) is 0.412. The number of benzene rings is 1. The zero-order valence-electron chi connectivity index (χ0n) is 13.2. The summed E-state index contributed by atoms with van der Waals surface area (Å²) in [7, 11) is 0. The number of nitrogens with zero attached hydrogens (tertiary/aromatic N) is 2. The average Bonchev–Trinajstić information content (AvgIpc) is 2.89. The molecule has 1 aliphatic carbocycles. The van der Waals surface area contributed by atoms with E-state index in [9.17, 15) is 4.79 Å². The molecule has 1 amide bonds. The summed E-state index contributed by atoms with van der Waals surface area (Å²) in [6, 6.07) is 9.78. The summed E-state index contributed by atoms with van der Waals surface area (Å²) in [4.78, 5) is 11.5. The van der Waals surface area contributed by atoms with Crippen molar-refractivity contribution in [3.63, 3.8) is 0 Å². The molecule has 2 atom stereocenters. The minimum absolute atomic E-state index is 0.0327. The van der Waals surface area contributed by atoms with Crippen molar-refractivity contribution in [3.05, 3.63) is 47.8 Å². The van der Waals surface area contributed by atoms with Gasteiger partial charge in [-0.15, -0.1) is 0 Å². The van der Waals surface area contributed by atoms with Crippen LogP contribution in [0.2, 0.25) is 0 Å². The van der Waals surface area contributed by atoms with Crippen LogP contribution in [0.15, 0.2) is 36.5 Å². The molecular formula is C17H22N4O. The van der Waals surface area contributed by atoms with Gasteiger partial charge in [-0.2, -0.15) is 5.10 Å². The predicted octanol–water partition coefficient (Wildman–Crippen LogP) is 2.48. The lowest BCUT2D eigenvalue weighted by Crippen LogP contribution is -2.41. The highest BCUT2D eigenvalue weighted by Gasteiger charge is 2.41. The Balaban J connectivity index is 2.12. The quantitative estimate of drug-likeness (QED) is 0.894. The van der Waals surface area contributed by atoms with Crippen LogP contribution in [0.25, 0.3) is 5.69 Å². The number of aromatic nitrogens is 2. The Labute approximate surface area is 130 Å². The maximum absolute atomic E-state index is 11.5. The number of hydrogen-bond donors (Lipinski definition) is 2. The van der Waals surface area contributed by atoms with Gasteiger partial charge in [0.05, 0.1) is 29.7 Å². The van der Waals surface area contributed by atoms with Gasteiger partial charge >= 0.3 is 0 Å². The van der Waals surface area contributed by atoms with E-state index >= 15 is 0 Å². The second-order valence-corrected chi connectivity index (χ2v) is 6.66. The van der Waals surface area contributed by atoms with Crippen molar-refractivity contribution >= 4 is 5.91 Å². The Hall–Kier alpha value is -2.14. The van der Waals surface area contributed by atoms with Crippen LogP contribution in [-0.4, -0.2) is 15.7 Å². The molecule has 0 saturated heterocycles. The predicted molar refractivity (Wildman–Crippen MR) is 85.4 cm³/mol. The van der Waals surface area contributed by atoms with Crippen LogP contribution in [0.4, 0.5) is 0 Å². The van der Waals surface area contributed by atoms with E-state index in [1.165, 1.54) is 0 Å². The van der Waals surface area contributed by atoms with Crippen molar-refractivity contribution in [2.24, 2.45) is 11.1 Å². The van der Waals surface area contributed by atoms with Gasteiger partial charge in [-0.05, 0) is 24.0 Å². The molecule has 2 aromatic rings. The SMILES string of the molecule is CC(=O)NC1CC(C)(C)C(N)c2c1cnn2-c1ccccc1. The molecule has 22 heavy (non-hydrogen) atoms. The van der Waals surface area contributed by atoms with Crippen LogP contribution in [0.1, 0.15) is 50.5 Å². The highest BCUT2D eigenvalue weighted by atomic mass is 16.1. The van der Waals surface area contributed by atoms with Gasteiger partial charge in [0.1, 0.15) is 0 Å². The number of amides is 1. The van der Waals surface area contributed by atoms with E-state index in [2.05, 4.69) is 24.3 Å². The van der Waals surface area contributed by atoms with Crippen LogP contribution < -0.4 is 11.1 Å². The first-order valence-corrected chi connectivity index (χ1v) is 7.56. The van der Waals surface area contributed by atoms with Crippen LogP contribution in [0.3, 0.4) is 0 Å². The topological polar surface area (TPSA) is 72.9 Å². The molecule has 1 aromatic heterocycles. The molecule has 5 nitrogen and oxygen atoms in total. The number of fused-ring (bicyclic) bond motifs is 1. The Morgan fingerprint density at radius 2 is 2.05 bits per heavy atom. The van der Waals surface area contributed by atoms with Gasteiger partial charge in [0.25, 0.3) is 0 Å². The summed E-state index contributed by atoms with van der Waals surface area (Å²) in [5, 5.41) is 7.56. The Bertz CT molecular complexity index is 690. The smallest absolute Gasteiger partial charge is 0.217 e. The van der Waals surface area contributed by atoms with Crippen molar-refractivity contribution in [2.45, 2.75) is 39.3 Å². The third-order valence-corrected chi connectivity index (χ3v) is 4.46. The monoisotopic (exact) mass is 298 g/mol. The fourth-order valence-corrected chi connectivity index (χ4v) is 3.23. The third kappa shape index (κ3) is 2.41. The summed E-state index contributed by atoms with van der Waals surface area (Å²) in [6.07, 6.45) is 2.64. The second kappa shape index (κ2) is 5.25. The highest BCUT2D eigenvalue weighted by Crippen LogP contribution is 2.47. The maximum Gasteiger partial charge on any atom is 0.217 e. The van der Waals surface area contributed by atoms with Crippen LogP contribution in [0, 0.1) is 5.41 Å². The second-order valence-electron chi connectivity index (χ2n) is 6.66. The van der Waals surface area contributed by atoms with Crippen molar-refractivity contribution in [2.75, 3.05) is 0 Å². The fourth-order valence-electron chi connectivity index (χ4n) is 3.23. The third-order valence-electron chi connectivity index (χ3n) is 4.46. The van der Waals surface area contributed by atoms with Gasteiger partial charge in [0.2, 0.25) is 5.91 Å². The molecule has 0 bridgehead atoms. The minimum atomic E-state index is -0.129. The highest BCUT2D eigenvalue weighted by molar-refractivity contribution is 5.73. The van der Waals surface area contributed by atoms with Crippen LogP contribution in [-0.2, 0) is 4.79 Å². The zero-order valence-corrected chi connectivity index (χ0v) is 13.2.